The lowest BCUT2D eigenvalue weighted by atomic mass is 9.90. The first-order valence-electron chi connectivity index (χ1n) is 3.98. The van der Waals surface area contributed by atoms with E-state index in [9.17, 15) is 0 Å². The van der Waals surface area contributed by atoms with Gasteiger partial charge in [0.25, 0.3) is 0 Å². The Morgan fingerprint density at radius 2 is 2.50 bits per heavy atom. The zero-order valence-corrected chi connectivity index (χ0v) is 6.28. The van der Waals surface area contributed by atoms with Crippen LogP contribution in [0.25, 0.3) is 0 Å². The molecule has 0 aromatic carbocycles. The highest BCUT2D eigenvalue weighted by Crippen LogP contribution is 2.26. The Labute approximate surface area is 64.0 Å². The molecule has 0 saturated carbocycles. The first kappa shape index (κ1) is 5.80. The van der Waals surface area contributed by atoms with E-state index < -0.39 is 0 Å². The van der Waals surface area contributed by atoms with Gasteiger partial charge in [-0.25, -0.2) is 0 Å². The first-order valence-corrected chi connectivity index (χ1v) is 3.40. The maximum Gasteiger partial charge on any atom is 0.0316 e. The second-order valence-corrected chi connectivity index (χ2v) is 2.65. The van der Waals surface area contributed by atoms with Crippen LogP contribution in [0, 0.1) is 12.3 Å². The summed E-state index contributed by atoms with van der Waals surface area (Å²) in [5.74, 6) is 2.62. The van der Waals surface area contributed by atoms with Crippen molar-refractivity contribution in [3.05, 3.63) is 23.3 Å². The zero-order chi connectivity index (χ0) is 8.43. The number of rotatable bonds is 0. The van der Waals surface area contributed by atoms with Gasteiger partial charge in [0, 0.05) is 6.94 Å². The second-order valence-electron chi connectivity index (χ2n) is 2.65. The molecule has 1 aliphatic rings. The quantitative estimate of drug-likeness (QED) is 0.353. The standard InChI is InChI=1S/C10H12/c1-4-10-6-5-8(2)7-9(10)3/h1H,2,5-7H2,3H3/i5T/t5-/m1/s1. The largest absolute Gasteiger partial charge is 0.115 e. The maximum atomic E-state index is 7.57. The lowest BCUT2D eigenvalue weighted by Gasteiger charge is -2.15. The van der Waals surface area contributed by atoms with Crippen LogP contribution in [0.1, 0.15) is 27.5 Å². The van der Waals surface area contributed by atoms with Crippen LogP contribution in [0.3, 0.4) is 0 Å². The Kier molecular flexibility index (Phi) is 1.59. The van der Waals surface area contributed by atoms with Crippen LogP contribution in [0.4, 0.5) is 0 Å². The van der Waals surface area contributed by atoms with Crippen molar-refractivity contribution in [2.75, 3.05) is 0 Å². The van der Waals surface area contributed by atoms with Crippen LogP contribution >= 0.6 is 0 Å². The van der Waals surface area contributed by atoms with E-state index >= 15 is 0 Å². The SMILES string of the molecule is [3H][C@@H]1CC(C#C)=C(C)CC1=C. The molecular formula is C10H12. The number of allylic oxidation sites excluding steroid dienone is 3. The molecule has 0 nitrogen and oxygen atoms in total. The van der Waals surface area contributed by atoms with Crippen LogP contribution in [0.5, 0.6) is 0 Å². The topological polar surface area (TPSA) is 0 Å². The molecule has 0 heterocycles. The van der Waals surface area contributed by atoms with Gasteiger partial charge in [0.15, 0.2) is 0 Å². The summed E-state index contributed by atoms with van der Waals surface area (Å²) < 4.78 is 7.57. The molecule has 0 radical (unpaired) electrons. The molecule has 0 bridgehead atoms. The third-order valence-electron chi connectivity index (χ3n) is 1.78. The molecule has 0 unspecified atom stereocenters. The van der Waals surface area contributed by atoms with E-state index in [0.717, 1.165) is 17.6 Å². The van der Waals surface area contributed by atoms with Gasteiger partial charge >= 0.3 is 0 Å². The average molecular weight is 134 g/mol. The van der Waals surface area contributed by atoms with E-state index in [1.807, 2.05) is 6.92 Å². The number of hydrogen-bond donors (Lipinski definition) is 0. The lowest BCUT2D eigenvalue weighted by molar-refractivity contribution is 0.841. The summed E-state index contributed by atoms with van der Waals surface area (Å²) in [6.07, 6.45) is 6.60. The summed E-state index contributed by atoms with van der Waals surface area (Å²) in [7, 11) is 0. The van der Waals surface area contributed by atoms with Gasteiger partial charge < -0.3 is 0 Å². The van der Waals surface area contributed by atoms with Gasteiger partial charge in [-0.2, -0.15) is 0 Å². The summed E-state index contributed by atoms with van der Waals surface area (Å²) in [6, 6.07) is 0. The summed E-state index contributed by atoms with van der Waals surface area (Å²) in [6.45, 7) is 5.84. The normalized spacial score (nSPS) is 27.8. The molecule has 1 aliphatic carbocycles. The van der Waals surface area contributed by atoms with Gasteiger partial charge in [0.05, 0.1) is 0 Å². The van der Waals surface area contributed by atoms with Crippen LogP contribution in [-0.4, -0.2) is 0 Å². The molecular weight excluding hydrogens is 120 g/mol. The van der Waals surface area contributed by atoms with Crippen LogP contribution < -0.4 is 0 Å². The van der Waals surface area contributed by atoms with Gasteiger partial charge in [-0.1, -0.05) is 23.6 Å². The predicted molar refractivity (Wildman–Crippen MR) is 44.5 cm³/mol. The molecule has 0 amide bonds. The molecule has 10 heavy (non-hydrogen) atoms. The van der Waals surface area contributed by atoms with E-state index in [2.05, 4.69) is 12.5 Å². The van der Waals surface area contributed by atoms with Gasteiger partial charge in [0.1, 0.15) is 0 Å². The predicted octanol–water partition coefficient (Wildman–Crippen LogP) is 2.68. The second kappa shape index (κ2) is 2.75. The fourth-order valence-electron chi connectivity index (χ4n) is 1.12. The van der Waals surface area contributed by atoms with Crippen molar-refractivity contribution in [2.24, 2.45) is 0 Å². The molecule has 0 aromatic heterocycles. The van der Waals surface area contributed by atoms with E-state index in [0.29, 0.717) is 6.42 Å². The summed E-state index contributed by atoms with van der Waals surface area (Å²) in [5.41, 5.74) is 3.19. The van der Waals surface area contributed by atoms with E-state index in [1.165, 1.54) is 5.57 Å². The highest BCUT2D eigenvalue weighted by Gasteiger charge is 2.08. The minimum absolute atomic E-state index is 0.176. The van der Waals surface area contributed by atoms with Crippen LogP contribution in [0.15, 0.2) is 23.3 Å². The maximum absolute atomic E-state index is 7.57. The van der Waals surface area contributed by atoms with Crippen molar-refractivity contribution >= 4 is 0 Å². The molecule has 52 valence electrons. The van der Waals surface area contributed by atoms with Gasteiger partial charge in [-0.05, 0) is 26.2 Å². The molecule has 0 aromatic rings. The Morgan fingerprint density at radius 3 is 3.10 bits per heavy atom. The molecule has 0 N–H and O–H groups in total. The first-order chi connectivity index (χ1) is 5.15. The number of terminal acetylenes is 1. The molecule has 0 heteroatoms. The minimum atomic E-state index is -0.176. The van der Waals surface area contributed by atoms with Crippen molar-refractivity contribution in [3.63, 3.8) is 0 Å². The Morgan fingerprint density at radius 1 is 1.80 bits per heavy atom. The van der Waals surface area contributed by atoms with Crippen LogP contribution in [-0.2, 0) is 0 Å². The molecule has 0 fully saturated rings. The van der Waals surface area contributed by atoms with Gasteiger partial charge in [-0.15, -0.1) is 6.42 Å². The summed E-state index contributed by atoms with van der Waals surface area (Å²) in [5, 5.41) is 0. The third-order valence-corrected chi connectivity index (χ3v) is 1.78. The summed E-state index contributed by atoms with van der Waals surface area (Å²) >= 11 is 0. The van der Waals surface area contributed by atoms with Crippen molar-refractivity contribution in [1.29, 1.82) is 0 Å². The minimum Gasteiger partial charge on any atom is -0.115 e. The summed E-state index contributed by atoms with van der Waals surface area (Å²) in [4.78, 5) is 0. The zero-order valence-electron chi connectivity index (χ0n) is 7.28. The lowest BCUT2D eigenvalue weighted by Crippen LogP contribution is -1.97. The molecule has 0 aliphatic heterocycles. The highest BCUT2D eigenvalue weighted by atomic mass is 14.1. The third kappa shape index (κ3) is 1.30. The Balaban J connectivity index is 2.90. The highest BCUT2D eigenvalue weighted by molar-refractivity contribution is 5.35. The van der Waals surface area contributed by atoms with E-state index in [1.54, 1.807) is 0 Å². The number of hydrogen-bond acceptors (Lipinski definition) is 0. The van der Waals surface area contributed by atoms with Crippen molar-refractivity contribution in [2.45, 2.75) is 26.2 Å². The van der Waals surface area contributed by atoms with Gasteiger partial charge in [0.2, 0.25) is 0 Å². The molecule has 1 rings (SSSR count). The van der Waals surface area contributed by atoms with E-state index in [-0.39, 0.29) is 6.40 Å². The van der Waals surface area contributed by atoms with Crippen molar-refractivity contribution < 1.29 is 1.37 Å². The molecule has 1 atom stereocenters. The van der Waals surface area contributed by atoms with Crippen LogP contribution in [0.2, 0.25) is 0 Å². The monoisotopic (exact) mass is 134 g/mol. The van der Waals surface area contributed by atoms with Gasteiger partial charge in [-0.3, -0.25) is 0 Å². The average Bonchev–Trinajstić information content (AvgIpc) is 1.97. The van der Waals surface area contributed by atoms with Crippen molar-refractivity contribution in [3.8, 4) is 12.3 Å². The fourth-order valence-corrected chi connectivity index (χ4v) is 1.12. The van der Waals surface area contributed by atoms with E-state index in [4.69, 9.17) is 7.79 Å². The Bertz CT molecular complexity index is 253. The smallest absolute Gasteiger partial charge is 0.0316 e. The Hall–Kier alpha value is -0.960. The fraction of sp³-hybridized carbons (Fsp3) is 0.400. The molecule has 0 saturated heterocycles. The van der Waals surface area contributed by atoms with Crippen molar-refractivity contribution in [1.82, 2.24) is 0 Å². The molecule has 0 spiro atoms.